The number of hydrogen-bond donors (Lipinski definition) is 1. The molecule has 18 heavy (non-hydrogen) atoms. The van der Waals surface area contributed by atoms with E-state index in [2.05, 4.69) is 0 Å². The molecule has 0 aromatic heterocycles. The molecule has 0 heterocycles. The number of carbonyl (C=O) groups is 1. The molecule has 1 N–H and O–H groups in total. The molecule has 0 saturated carbocycles. The molecule has 0 saturated heterocycles. The second-order valence-electron chi connectivity index (χ2n) is 3.67. The van der Waals surface area contributed by atoms with E-state index in [1.54, 1.807) is 13.0 Å². The van der Waals surface area contributed by atoms with Crippen LogP contribution in [0.3, 0.4) is 0 Å². The SMILES string of the molecule is COc1cc(SCC(C)C(=O)O)cc([N+](=O)[O-])c1. The van der Waals surface area contributed by atoms with Crippen molar-refractivity contribution < 1.29 is 19.6 Å². The van der Waals surface area contributed by atoms with Gasteiger partial charge in [-0.15, -0.1) is 11.8 Å². The molecule has 0 aliphatic rings. The topological polar surface area (TPSA) is 89.7 Å². The number of thioether (sulfide) groups is 1. The summed E-state index contributed by atoms with van der Waals surface area (Å²) < 4.78 is 4.97. The van der Waals surface area contributed by atoms with E-state index < -0.39 is 16.8 Å². The predicted octanol–water partition coefficient (Wildman–Crippen LogP) is 2.42. The largest absolute Gasteiger partial charge is 0.496 e. The van der Waals surface area contributed by atoms with Gasteiger partial charge in [0.15, 0.2) is 0 Å². The van der Waals surface area contributed by atoms with Crippen LogP contribution in [0.15, 0.2) is 23.1 Å². The van der Waals surface area contributed by atoms with E-state index in [9.17, 15) is 14.9 Å². The Balaban J connectivity index is 2.85. The summed E-state index contributed by atoms with van der Waals surface area (Å²) in [5, 5.41) is 19.5. The van der Waals surface area contributed by atoms with E-state index in [1.807, 2.05) is 0 Å². The molecule has 1 aromatic carbocycles. The van der Waals surface area contributed by atoms with Gasteiger partial charge in [0.25, 0.3) is 5.69 Å². The molecule has 7 heteroatoms. The molecular weight excluding hydrogens is 258 g/mol. The summed E-state index contributed by atoms with van der Waals surface area (Å²) in [5.74, 6) is -0.672. The van der Waals surface area contributed by atoms with Crippen molar-refractivity contribution in [3.8, 4) is 5.75 Å². The van der Waals surface area contributed by atoms with Crippen molar-refractivity contribution >= 4 is 23.4 Å². The number of nitrogens with zero attached hydrogens (tertiary/aromatic N) is 1. The van der Waals surface area contributed by atoms with E-state index in [4.69, 9.17) is 9.84 Å². The molecule has 0 bridgehead atoms. The highest BCUT2D eigenvalue weighted by molar-refractivity contribution is 7.99. The first-order valence-electron chi connectivity index (χ1n) is 5.13. The van der Waals surface area contributed by atoms with E-state index in [-0.39, 0.29) is 5.69 Å². The van der Waals surface area contributed by atoms with Gasteiger partial charge in [-0.1, -0.05) is 6.92 Å². The zero-order valence-electron chi connectivity index (χ0n) is 9.95. The second-order valence-corrected chi connectivity index (χ2v) is 4.77. The molecular formula is C11H13NO5S. The zero-order valence-corrected chi connectivity index (χ0v) is 10.8. The number of carboxylic acid groups (broad SMARTS) is 1. The highest BCUT2D eigenvalue weighted by Gasteiger charge is 2.14. The standard InChI is InChI=1S/C11H13NO5S/c1-7(11(13)14)6-18-10-4-8(12(15)16)3-9(5-10)17-2/h3-5,7H,6H2,1-2H3,(H,13,14). The number of nitro benzene ring substituents is 1. The van der Waals surface area contributed by atoms with Crippen LogP contribution >= 0.6 is 11.8 Å². The number of nitro groups is 1. The minimum absolute atomic E-state index is 0.0696. The maximum Gasteiger partial charge on any atom is 0.307 e. The molecule has 0 amide bonds. The lowest BCUT2D eigenvalue weighted by atomic mass is 10.2. The normalized spacial score (nSPS) is 11.9. The molecule has 0 fully saturated rings. The Hall–Kier alpha value is -1.76. The lowest BCUT2D eigenvalue weighted by molar-refractivity contribution is -0.385. The van der Waals surface area contributed by atoms with Gasteiger partial charge in [0.1, 0.15) is 5.75 Å². The van der Waals surface area contributed by atoms with Crippen molar-refractivity contribution in [3.05, 3.63) is 28.3 Å². The number of non-ortho nitro benzene ring substituents is 1. The Kier molecular flexibility index (Phi) is 4.96. The number of benzene rings is 1. The highest BCUT2D eigenvalue weighted by Crippen LogP contribution is 2.30. The van der Waals surface area contributed by atoms with Gasteiger partial charge in [0, 0.05) is 16.7 Å². The molecule has 1 aromatic rings. The Bertz CT molecular complexity index is 463. The van der Waals surface area contributed by atoms with Crippen molar-refractivity contribution in [2.45, 2.75) is 11.8 Å². The number of hydrogen-bond acceptors (Lipinski definition) is 5. The van der Waals surface area contributed by atoms with Crippen molar-refractivity contribution in [2.75, 3.05) is 12.9 Å². The van der Waals surface area contributed by atoms with Crippen molar-refractivity contribution in [2.24, 2.45) is 5.92 Å². The number of methoxy groups -OCH3 is 1. The Labute approximate surface area is 108 Å². The smallest absolute Gasteiger partial charge is 0.307 e. The van der Waals surface area contributed by atoms with Gasteiger partial charge in [-0.2, -0.15) is 0 Å². The summed E-state index contributed by atoms with van der Waals surface area (Å²) in [7, 11) is 1.42. The molecule has 0 aliphatic heterocycles. The number of carboxylic acids is 1. The van der Waals surface area contributed by atoms with E-state index in [1.165, 1.54) is 31.0 Å². The van der Waals surface area contributed by atoms with Crippen LogP contribution in [0.2, 0.25) is 0 Å². The van der Waals surface area contributed by atoms with E-state index in [0.717, 1.165) is 0 Å². The number of ether oxygens (including phenoxy) is 1. The monoisotopic (exact) mass is 271 g/mol. The van der Waals surface area contributed by atoms with Gasteiger partial charge < -0.3 is 9.84 Å². The number of rotatable bonds is 6. The van der Waals surface area contributed by atoms with Crippen LogP contribution in [-0.4, -0.2) is 28.9 Å². The van der Waals surface area contributed by atoms with Crippen molar-refractivity contribution in [1.82, 2.24) is 0 Å². The lowest BCUT2D eigenvalue weighted by Crippen LogP contribution is -2.11. The maximum atomic E-state index is 10.7. The van der Waals surface area contributed by atoms with Crippen LogP contribution in [0.1, 0.15) is 6.92 Å². The summed E-state index contributed by atoms with van der Waals surface area (Å²) in [6.45, 7) is 1.59. The first-order valence-corrected chi connectivity index (χ1v) is 6.11. The zero-order chi connectivity index (χ0) is 13.7. The minimum Gasteiger partial charge on any atom is -0.496 e. The van der Waals surface area contributed by atoms with Crippen LogP contribution in [0.4, 0.5) is 5.69 Å². The lowest BCUT2D eigenvalue weighted by Gasteiger charge is -2.07. The number of aliphatic carboxylic acids is 1. The fourth-order valence-corrected chi connectivity index (χ4v) is 2.14. The summed E-state index contributed by atoms with van der Waals surface area (Å²) >= 11 is 1.25. The third-order valence-corrected chi connectivity index (χ3v) is 3.47. The summed E-state index contributed by atoms with van der Waals surface area (Å²) in [5.41, 5.74) is -0.0696. The third-order valence-electron chi connectivity index (χ3n) is 2.23. The van der Waals surface area contributed by atoms with Gasteiger partial charge in [0.05, 0.1) is 24.0 Å². The van der Waals surface area contributed by atoms with Gasteiger partial charge in [-0.05, 0) is 6.07 Å². The average molecular weight is 271 g/mol. The van der Waals surface area contributed by atoms with Crippen molar-refractivity contribution in [3.63, 3.8) is 0 Å². The van der Waals surface area contributed by atoms with Gasteiger partial charge in [-0.25, -0.2) is 0 Å². The first kappa shape index (κ1) is 14.3. The summed E-state index contributed by atoms with van der Waals surface area (Å²) in [6.07, 6.45) is 0. The van der Waals surface area contributed by atoms with Gasteiger partial charge >= 0.3 is 5.97 Å². The van der Waals surface area contributed by atoms with Gasteiger partial charge in [-0.3, -0.25) is 14.9 Å². The van der Waals surface area contributed by atoms with E-state index in [0.29, 0.717) is 16.4 Å². The van der Waals surface area contributed by atoms with Gasteiger partial charge in [0.2, 0.25) is 0 Å². The molecule has 0 aliphatic carbocycles. The molecule has 1 unspecified atom stereocenters. The fraction of sp³-hybridized carbons (Fsp3) is 0.364. The third kappa shape index (κ3) is 3.92. The molecule has 1 atom stereocenters. The second kappa shape index (κ2) is 6.25. The van der Waals surface area contributed by atoms with Crippen molar-refractivity contribution in [1.29, 1.82) is 0 Å². The Morgan fingerprint density at radius 1 is 1.56 bits per heavy atom. The van der Waals surface area contributed by atoms with Crippen LogP contribution < -0.4 is 4.74 Å². The van der Waals surface area contributed by atoms with E-state index >= 15 is 0 Å². The van der Waals surface area contributed by atoms with Crippen LogP contribution in [0.5, 0.6) is 5.75 Å². The molecule has 0 radical (unpaired) electrons. The predicted molar refractivity (Wildman–Crippen MR) is 67.2 cm³/mol. The molecule has 6 nitrogen and oxygen atoms in total. The minimum atomic E-state index is -0.889. The quantitative estimate of drug-likeness (QED) is 0.485. The summed E-state index contributed by atoms with van der Waals surface area (Å²) in [6, 6.07) is 4.37. The van der Waals surface area contributed by atoms with Crippen LogP contribution in [-0.2, 0) is 4.79 Å². The Morgan fingerprint density at radius 3 is 2.72 bits per heavy atom. The molecule has 1 rings (SSSR count). The summed E-state index contributed by atoms with van der Waals surface area (Å²) in [4.78, 5) is 21.5. The fourth-order valence-electron chi connectivity index (χ4n) is 1.16. The van der Waals surface area contributed by atoms with Crippen LogP contribution in [0.25, 0.3) is 0 Å². The maximum absolute atomic E-state index is 10.7. The van der Waals surface area contributed by atoms with Crippen LogP contribution in [0, 0.1) is 16.0 Å². The highest BCUT2D eigenvalue weighted by atomic mass is 32.2. The molecule has 0 spiro atoms. The molecule has 98 valence electrons. The first-order chi connectivity index (χ1) is 8.43. The Morgan fingerprint density at radius 2 is 2.22 bits per heavy atom. The average Bonchev–Trinajstić information content (AvgIpc) is 2.35.